The van der Waals surface area contributed by atoms with Crippen LogP contribution in [0.15, 0.2) is 24.3 Å². The van der Waals surface area contributed by atoms with Gasteiger partial charge in [-0.05, 0) is 18.1 Å². The zero-order chi connectivity index (χ0) is 21.4. The normalized spacial score (nSPS) is 13.0. The first-order valence-electron chi connectivity index (χ1n) is 8.06. The number of hydrogen-bond donors (Lipinski definition) is 1. The van der Waals surface area contributed by atoms with Gasteiger partial charge in [0, 0.05) is 12.8 Å². The molecule has 0 saturated carbocycles. The molecule has 1 aromatic rings. The van der Waals surface area contributed by atoms with Crippen molar-refractivity contribution in [2.24, 2.45) is 0 Å². The van der Waals surface area contributed by atoms with Gasteiger partial charge >= 0.3 is 12.1 Å². The second kappa shape index (κ2) is 10.5. The van der Waals surface area contributed by atoms with Gasteiger partial charge in [0.25, 0.3) is 10.1 Å². The Kier molecular flexibility index (Phi) is 8.96. The zero-order valence-electron chi connectivity index (χ0n) is 14.6. The number of Topliss-reactive ketones (excluding diaryl/α,β-unsaturated/α-hetero) is 1. The predicted molar refractivity (Wildman–Crippen MR) is 92.6 cm³/mol. The molecule has 0 saturated heterocycles. The minimum atomic E-state index is -5.16. The lowest BCUT2D eigenvalue weighted by Gasteiger charge is -2.19. The van der Waals surface area contributed by atoms with Crippen LogP contribution in [0.1, 0.15) is 24.8 Å². The summed E-state index contributed by atoms with van der Waals surface area (Å²) in [6.07, 6.45) is -8.75. The summed E-state index contributed by atoms with van der Waals surface area (Å²) in [7, 11) is 0.527. The number of alkyl halides is 3. The first kappa shape index (κ1) is 24.0. The van der Waals surface area contributed by atoms with E-state index in [4.69, 9.17) is 17.1 Å². The first-order valence-corrected chi connectivity index (χ1v) is 9.67. The van der Waals surface area contributed by atoms with Gasteiger partial charge in [-0.3, -0.25) is 14.1 Å². The van der Waals surface area contributed by atoms with E-state index in [0.29, 0.717) is 11.3 Å². The zero-order valence-corrected chi connectivity index (χ0v) is 15.5. The third-order valence-corrected chi connectivity index (χ3v) is 4.14. The Balaban J connectivity index is 2.43. The standard InChI is InChI=1S/C16H18BF3O7S/c17-8-11-4-1-2-6-13(11)26-9-12(21)5-3-7-15(22)27-14(16(18,19)20)10-28(23,24)25/h1-2,4,6,14H,3,5,7-10H2,(H,23,24,25). The molecular weight excluding hydrogens is 404 g/mol. The summed E-state index contributed by atoms with van der Waals surface area (Å²) in [5.41, 5.74) is 0.691. The van der Waals surface area contributed by atoms with Crippen LogP contribution in [0.5, 0.6) is 5.75 Å². The lowest BCUT2D eigenvalue weighted by molar-refractivity contribution is -0.215. The molecule has 0 spiro atoms. The molecule has 0 aromatic heterocycles. The predicted octanol–water partition coefficient (Wildman–Crippen LogP) is 1.84. The van der Waals surface area contributed by atoms with Crippen molar-refractivity contribution in [1.29, 1.82) is 0 Å². The highest BCUT2D eigenvalue weighted by atomic mass is 32.2. The van der Waals surface area contributed by atoms with Crippen molar-refractivity contribution in [1.82, 2.24) is 0 Å². The van der Waals surface area contributed by atoms with Gasteiger partial charge in [-0.25, -0.2) is 0 Å². The molecule has 2 radical (unpaired) electrons. The molecule has 0 bridgehead atoms. The molecule has 0 amide bonds. The maximum atomic E-state index is 12.7. The third kappa shape index (κ3) is 9.22. The second-order valence-electron chi connectivity index (χ2n) is 5.76. The Morgan fingerprint density at radius 3 is 2.39 bits per heavy atom. The highest BCUT2D eigenvalue weighted by molar-refractivity contribution is 7.85. The van der Waals surface area contributed by atoms with E-state index < -0.39 is 46.3 Å². The second-order valence-corrected chi connectivity index (χ2v) is 7.26. The number of rotatable bonds is 11. The number of carbonyl (C=O) groups is 2. The van der Waals surface area contributed by atoms with Gasteiger partial charge in [-0.15, -0.1) is 0 Å². The largest absolute Gasteiger partial charge is 0.486 e. The summed E-state index contributed by atoms with van der Waals surface area (Å²) in [6, 6.07) is 6.79. The van der Waals surface area contributed by atoms with Crippen molar-refractivity contribution in [2.45, 2.75) is 37.9 Å². The number of hydrogen-bond acceptors (Lipinski definition) is 6. The van der Waals surface area contributed by atoms with Gasteiger partial charge in [-0.1, -0.05) is 24.5 Å². The van der Waals surface area contributed by atoms with Crippen LogP contribution < -0.4 is 4.74 Å². The van der Waals surface area contributed by atoms with Crippen molar-refractivity contribution < 1.29 is 45.2 Å². The van der Waals surface area contributed by atoms with E-state index in [1.54, 1.807) is 24.3 Å². The number of esters is 1. The van der Waals surface area contributed by atoms with E-state index in [-0.39, 0.29) is 25.8 Å². The van der Waals surface area contributed by atoms with Crippen LogP contribution in [0.2, 0.25) is 0 Å². The van der Waals surface area contributed by atoms with Crippen LogP contribution in [0.3, 0.4) is 0 Å². The Morgan fingerprint density at radius 1 is 1.18 bits per heavy atom. The maximum absolute atomic E-state index is 12.7. The topological polar surface area (TPSA) is 107 Å². The fourth-order valence-electron chi connectivity index (χ4n) is 2.08. The van der Waals surface area contributed by atoms with Gasteiger partial charge in [0.2, 0.25) is 6.10 Å². The Morgan fingerprint density at radius 2 is 1.82 bits per heavy atom. The molecule has 1 unspecified atom stereocenters. The van der Waals surface area contributed by atoms with Crippen molar-refractivity contribution in [2.75, 3.05) is 12.4 Å². The molecule has 1 aromatic carbocycles. The molecule has 0 heterocycles. The highest BCUT2D eigenvalue weighted by Crippen LogP contribution is 2.24. The number of carbonyl (C=O) groups excluding carboxylic acids is 2. The highest BCUT2D eigenvalue weighted by Gasteiger charge is 2.45. The van der Waals surface area contributed by atoms with E-state index in [0.717, 1.165) is 0 Å². The molecule has 0 fully saturated rings. The van der Waals surface area contributed by atoms with Gasteiger partial charge < -0.3 is 9.47 Å². The van der Waals surface area contributed by atoms with E-state index in [9.17, 15) is 31.2 Å². The minimum Gasteiger partial charge on any atom is -0.486 e. The fourth-order valence-corrected chi connectivity index (χ4v) is 2.72. The van der Waals surface area contributed by atoms with Crippen LogP contribution in [0.25, 0.3) is 0 Å². The molecule has 154 valence electrons. The Hall–Kier alpha value is -2.08. The minimum absolute atomic E-state index is 0.115. The molecule has 1 atom stereocenters. The van der Waals surface area contributed by atoms with Crippen LogP contribution in [0, 0.1) is 0 Å². The van der Waals surface area contributed by atoms with Gasteiger partial charge in [-0.2, -0.15) is 21.6 Å². The summed E-state index contributed by atoms with van der Waals surface area (Å²) in [6.45, 7) is -0.306. The van der Waals surface area contributed by atoms with Crippen LogP contribution in [-0.4, -0.2) is 57.2 Å². The number of benzene rings is 1. The smallest absolute Gasteiger partial charge is 0.426 e. The lowest BCUT2D eigenvalue weighted by Crippen LogP contribution is -2.39. The maximum Gasteiger partial charge on any atom is 0.426 e. The average Bonchev–Trinajstić information content (AvgIpc) is 2.57. The molecule has 1 N–H and O–H groups in total. The van der Waals surface area contributed by atoms with Gasteiger partial charge in [0.05, 0.1) is 7.85 Å². The Bertz CT molecular complexity index is 781. The van der Waals surface area contributed by atoms with E-state index in [1.165, 1.54) is 0 Å². The van der Waals surface area contributed by atoms with Crippen LogP contribution in [-0.2, 0) is 30.8 Å². The SMILES string of the molecule is [B]Cc1ccccc1OCC(=O)CCCC(=O)OC(CS(=O)(=O)O)C(F)(F)F. The Labute approximate surface area is 161 Å². The molecule has 1 rings (SSSR count). The molecular formula is C16H18BF3O7S. The quantitative estimate of drug-likeness (QED) is 0.330. The lowest BCUT2D eigenvalue weighted by atomic mass is 9.96. The summed E-state index contributed by atoms with van der Waals surface area (Å²) in [5.74, 6) is -3.11. The number of ketones is 1. The van der Waals surface area contributed by atoms with Crippen molar-refractivity contribution >= 4 is 29.7 Å². The number of ether oxygens (including phenoxy) is 2. The summed E-state index contributed by atoms with van der Waals surface area (Å²) >= 11 is 0. The van der Waals surface area contributed by atoms with Crippen LogP contribution in [0.4, 0.5) is 13.2 Å². The third-order valence-electron chi connectivity index (χ3n) is 3.42. The van der Waals surface area contributed by atoms with E-state index >= 15 is 0 Å². The monoisotopic (exact) mass is 422 g/mol. The number of para-hydroxylation sites is 1. The summed E-state index contributed by atoms with van der Waals surface area (Å²) in [4.78, 5) is 23.2. The van der Waals surface area contributed by atoms with Crippen LogP contribution >= 0.6 is 0 Å². The first-order chi connectivity index (χ1) is 12.9. The van der Waals surface area contributed by atoms with Gasteiger partial charge in [0.1, 0.15) is 18.1 Å². The molecule has 0 aliphatic rings. The van der Waals surface area contributed by atoms with Gasteiger partial charge in [0.15, 0.2) is 5.78 Å². The fraction of sp³-hybridized carbons (Fsp3) is 0.500. The average molecular weight is 422 g/mol. The molecule has 28 heavy (non-hydrogen) atoms. The summed E-state index contributed by atoms with van der Waals surface area (Å²) in [5, 5.41) is 0. The van der Waals surface area contributed by atoms with E-state index in [1.807, 2.05) is 0 Å². The van der Waals surface area contributed by atoms with Crippen molar-refractivity contribution in [3.05, 3.63) is 29.8 Å². The van der Waals surface area contributed by atoms with E-state index in [2.05, 4.69) is 4.74 Å². The number of halogens is 3. The van der Waals surface area contributed by atoms with Crippen molar-refractivity contribution in [3.8, 4) is 5.75 Å². The molecule has 7 nitrogen and oxygen atoms in total. The van der Waals surface area contributed by atoms with Crippen molar-refractivity contribution in [3.63, 3.8) is 0 Å². The molecule has 12 heteroatoms. The molecule has 0 aliphatic carbocycles. The molecule has 0 aliphatic heterocycles. The summed E-state index contributed by atoms with van der Waals surface area (Å²) < 4.78 is 77.1.